The van der Waals surface area contributed by atoms with E-state index in [1.807, 2.05) is 38.1 Å². The van der Waals surface area contributed by atoms with Crippen LogP contribution in [0.5, 0.6) is 0 Å². The van der Waals surface area contributed by atoms with Gasteiger partial charge in [-0.2, -0.15) is 0 Å². The number of hydrogen-bond donors (Lipinski definition) is 1. The maximum Gasteiger partial charge on any atom is 0.224 e. The first-order valence-electron chi connectivity index (χ1n) is 10.5. The maximum absolute atomic E-state index is 13.0. The Labute approximate surface area is 194 Å². The van der Waals surface area contributed by atoms with Gasteiger partial charge < -0.3 is 5.32 Å². The predicted molar refractivity (Wildman–Crippen MR) is 126 cm³/mol. The Bertz CT molecular complexity index is 1010. The van der Waals surface area contributed by atoms with Gasteiger partial charge in [-0.05, 0) is 43.9 Å². The number of carbonyl (C=O) groups is 1. The molecule has 1 aliphatic rings. The molecule has 0 radical (unpaired) electrons. The van der Waals surface area contributed by atoms with E-state index in [1.165, 1.54) is 4.31 Å². The number of halogens is 2. The smallest absolute Gasteiger partial charge is 0.224 e. The van der Waals surface area contributed by atoms with Crippen molar-refractivity contribution in [1.82, 2.24) is 9.62 Å². The second-order valence-corrected chi connectivity index (χ2v) is 10.8. The van der Waals surface area contributed by atoms with Crippen LogP contribution in [0.25, 0.3) is 0 Å². The number of benzene rings is 2. The van der Waals surface area contributed by atoms with E-state index in [2.05, 4.69) is 5.32 Å². The van der Waals surface area contributed by atoms with Crippen molar-refractivity contribution in [3.05, 3.63) is 69.2 Å². The van der Waals surface area contributed by atoms with E-state index in [9.17, 15) is 13.2 Å². The fourth-order valence-corrected chi connectivity index (χ4v) is 6.22. The van der Waals surface area contributed by atoms with Gasteiger partial charge in [0.15, 0.2) is 0 Å². The molecule has 0 unspecified atom stereocenters. The summed E-state index contributed by atoms with van der Waals surface area (Å²) in [5.41, 5.74) is 2.61. The summed E-state index contributed by atoms with van der Waals surface area (Å²) >= 11 is 12.3. The van der Waals surface area contributed by atoms with Crippen LogP contribution in [0, 0.1) is 12.8 Å². The zero-order valence-corrected chi connectivity index (χ0v) is 20.1. The van der Waals surface area contributed by atoms with Gasteiger partial charge in [-0.1, -0.05) is 66.0 Å². The van der Waals surface area contributed by atoms with Crippen molar-refractivity contribution in [3.8, 4) is 0 Å². The maximum atomic E-state index is 13.0. The monoisotopic (exact) mass is 482 g/mol. The number of rotatable bonds is 7. The van der Waals surface area contributed by atoms with Gasteiger partial charge in [0.1, 0.15) is 0 Å². The third-order valence-corrected chi connectivity index (χ3v) is 8.22. The van der Waals surface area contributed by atoms with Gasteiger partial charge in [0.2, 0.25) is 15.9 Å². The Morgan fingerprint density at radius 3 is 2.42 bits per heavy atom. The van der Waals surface area contributed by atoms with Crippen LogP contribution in [-0.2, 0) is 20.6 Å². The van der Waals surface area contributed by atoms with Crippen molar-refractivity contribution in [1.29, 1.82) is 0 Å². The van der Waals surface area contributed by atoms with Crippen LogP contribution in [0.3, 0.4) is 0 Å². The van der Waals surface area contributed by atoms with Gasteiger partial charge in [0.25, 0.3) is 0 Å². The minimum Gasteiger partial charge on any atom is -0.349 e. The molecular formula is C23H28Cl2N2O3S. The van der Waals surface area contributed by atoms with Crippen molar-refractivity contribution in [2.45, 2.75) is 44.9 Å². The summed E-state index contributed by atoms with van der Waals surface area (Å²) in [4.78, 5) is 13.0. The Morgan fingerprint density at radius 1 is 1.16 bits per heavy atom. The highest BCUT2D eigenvalue weighted by atomic mass is 35.5. The molecule has 3 rings (SSSR count). The first-order chi connectivity index (χ1) is 14.7. The van der Waals surface area contributed by atoms with Crippen molar-refractivity contribution in [3.63, 3.8) is 0 Å². The molecule has 31 heavy (non-hydrogen) atoms. The molecule has 2 atom stereocenters. The average Bonchev–Trinajstić information content (AvgIpc) is 2.75. The van der Waals surface area contributed by atoms with Gasteiger partial charge in [0, 0.05) is 28.7 Å². The van der Waals surface area contributed by atoms with Crippen LogP contribution in [-0.4, -0.2) is 31.7 Å². The number of carbonyl (C=O) groups excluding carboxylic acids is 1. The lowest BCUT2D eigenvalue weighted by Gasteiger charge is -2.32. The van der Waals surface area contributed by atoms with Crippen LogP contribution in [0.15, 0.2) is 42.5 Å². The topological polar surface area (TPSA) is 66.5 Å². The van der Waals surface area contributed by atoms with Crippen molar-refractivity contribution < 1.29 is 13.2 Å². The number of hydrogen-bond acceptors (Lipinski definition) is 3. The molecule has 1 fully saturated rings. The fraction of sp³-hybridized carbons (Fsp3) is 0.435. The molecule has 2 aromatic carbocycles. The summed E-state index contributed by atoms with van der Waals surface area (Å²) < 4.78 is 27.5. The van der Waals surface area contributed by atoms with Crippen LogP contribution in [0.4, 0.5) is 0 Å². The van der Waals surface area contributed by atoms with Crippen molar-refractivity contribution in [2.24, 2.45) is 5.92 Å². The molecular weight excluding hydrogens is 455 g/mol. The van der Waals surface area contributed by atoms with Crippen LogP contribution >= 0.6 is 23.2 Å². The highest BCUT2D eigenvalue weighted by molar-refractivity contribution is 7.88. The number of sulfonamides is 1. The van der Waals surface area contributed by atoms with Gasteiger partial charge in [-0.3, -0.25) is 4.79 Å². The van der Waals surface area contributed by atoms with Crippen LogP contribution < -0.4 is 5.32 Å². The number of aryl methyl sites for hydroxylation is 1. The summed E-state index contributed by atoms with van der Waals surface area (Å²) in [6, 6.07) is 12.9. The summed E-state index contributed by atoms with van der Waals surface area (Å²) in [7, 11) is -3.65. The van der Waals surface area contributed by atoms with E-state index in [4.69, 9.17) is 23.2 Å². The standard InChI is InChI=1S/C23H28Cl2N2O3S/c1-3-22(17-11-9-16(2)10-12-17)26-23(28)18-6-5-13-27(14-18)31(29,30)15-19-20(24)7-4-8-21(19)25/h4,7-12,18,22H,3,5-6,13-15H2,1-2H3,(H,26,28)/t18-,22+/m1/s1. The number of piperidine rings is 1. The lowest BCUT2D eigenvalue weighted by Crippen LogP contribution is -2.46. The summed E-state index contributed by atoms with van der Waals surface area (Å²) in [6.07, 6.45) is 2.05. The molecule has 1 amide bonds. The summed E-state index contributed by atoms with van der Waals surface area (Å²) in [5.74, 6) is -0.770. The average molecular weight is 483 g/mol. The second kappa shape index (κ2) is 10.3. The third-order valence-electron chi connectivity index (χ3n) is 5.74. The molecule has 168 valence electrons. The minimum atomic E-state index is -3.65. The largest absolute Gasteiger partial charge is 0.349 e. The molecule has 0 spiro atoms. The second-order valence-electron chi connectivity index (χ2n) is 8.03. The quantitative estimate of drug-likeness (QED) is 0.595. The molecule has 1 aliphatic heterocycles. The van der Waals surface area contributed by atoms with E-state index in [0.717, 1.165) is 17.5 Å². The molecule has 1 N–H and O–H groups in total. The van der Waals surface area contributed by atoms with Crippen molar-refractivity contribution in [2.75, 3.05) is 13.1 Å². The van der Waals surface area contributed by atoms with E-state index < -0.39 is 10.0 Å². The zero-order valence-electron chi connectivity index (χ0n) is 17.8. The summed E-state index contributed by atoms with van der Waals surface area (Å²) in [5, 5.41) is 3.76. The van der Waals surface area contributed by atoms with E-state index in [1.54, 1.807) is 18.2 Å². The molecule has 1 heterocycles. The number of nitrogens with zero attached hydrogens (tertiary/aromatic N) is 1. The lowest BCUT2D eigenvalue weighted by molar-refractivity contribution is -0.126. The van der Waals surface area contributed by atoms with Crippen molar-refractivity contribution >= 4 is 39.1 Å². The van der Waals surface area contributed by atoms with Crippen LogP contribution in [0.1, 0.15) is 48.9 Å². The van der Waals surface area contributed by atoms with E-state index in [0.29, 0.717) is 35.0 Å². The molecule has 1 saturated heterocycles. The highest BCUT2D eigenvalue weighted by Gasteiger charge is 2.33. The van der Waals surface area contributed by atoms with E-state index >= 15 is 0 Å². The molecule has 0 saturated carbocycles. The fourth-order valence-electron chi connectivity index (χ4n) is 3.86. The molecule has 0 bridgehead atoms. The highest BCUT2D eigenvalue weighted by Crippen LogP contribution is 2.29. The minimum absolute atomic E-state index is 0.0954. The van der Waals surface area contributed by atoms with Gasteiger partial charge in [-0.25, -0.2) is 12.7 Å². The Kier molecular flexibility index (Phi) is 8.03. The Morgan fingerprint density at radius 2 is 1.81 bits per heavy atom. The van der Waals surface area contributed by atoms with E-state index in [-0.39, 0.29) is 30.2 Å². The van der Waals surface area contributed by atoms with Crippen LogP contribution in [0.2, 0.25) is 10.0 Å². The molecule has 2 aromatic rings. The molecule has 5 nitrogen and oxygen atoms in total. The molecule has 8 heteroatoms. The first-order valence-corrected chi connectivity index (χ1v) is 12.9. The normalized spacial score (nSPS) is 18.5. The van der Waals surface area contributed by atoms with Gasteiger partial charge >= 0.3 is 0 Å². The Hall–Kier alpha value is -1.60. The molecule has 0 aromatic heterocycles. The predicted octanol–water partition coefficient (Wildman–Crippen LogP) is 5.11. The SMILES string of the molecule is CC[C@H](NC(=O)[C@@H]1CCCN(S(=O)(=O)Cc2c(Cl)cccc2Cl)C1)c1ccc(C)cc1. The third kappa shape index (κ3) is 6.01. The number of amides is 1. The van der Waals surface area contributed by atoms with Gasteiger partial charge in [-0.15, -0.1) is 0 Å². The Balaban J connectivity index is 1.69. The first kappa shape index (κ1) is 24.1. The zero-order chi connectivity index (χ0) is 22.6. The number of nitrogens with one attached hydrogen (secondary N) is 1. The molecule has 0 aliphatic carbocycles. The van der Waals surface area contributed by atoms with Gasteiger partial charge in [0.05, 0.1) is 17.7 Å². The summed E-state index contributed by atoms with van der Waals surface area (Å²) in [6.45, 7) is 4.61. The lowest BCUT2D eigenvalue weighted by atomic mass is 9.97.